The molecule has 94 valence electrons. The van der Waals surface area contributed by atoms with Gasteiger partial charge < -0.3 is 15.2 Å². The Hall–Kier alpha value is -0.660. The molecular formula is C9H17NO5S. The number of carbonyl (C=O) groups is 1. The summed E-state index contributed by atoms with van der Waals surface area (Å²) >= 11 is 0. The number of nitrogens with one attached hydrogen (secondary N) is 1. The van der Waals surface area contributed by atoms with Crippen molar-refractivity contribution in [3.63, 3.8) is 0 Å². The first kappa shape index (κ1) is 13.4. The zero-order valence-electron chi connectivity index (χ0n) is 9.18. The molecular weight excluding hydrogens is 234 g/mol. The van der Waals surface area contributed by atoms with Crippen molar-refractivity contribution in [1.82, 2.24) is 5.32 Å². The topological polar surface area (TPSA) is 92.7 Å². The van der Waals surface area contributed by atoms with Crippen molar-refractivity contribution in [2.24, 2.45) is 0 Å². The molecule has 0 aromatic heterocycles. The summed E-state index contributed by atoms with van der Waals surface area (Å²) in [7, 11) is -1.65. The van der Waals surface area contributed by atoms with Gasteiger partial charge >= 0.3 is 5.97 Å². The molecule has 0 saturated carbocycles. The van der Waals surface area contributed by atoms with Gasteiger partial charge in [-0.05, 0) is 6.42 Å². The van der Waals surface area contributed by atoms with Crippen LogP contribution in [0.4, 0.5) is 0 Å². The molecule has 2 atom stereocenters. The van der Waals surface area contributed by atoms with Crippen LogP contribution in [0.5, 0.6) is 0 Å². The summed E-state index contributed by atoms with van der Waals surface area (Å²) in [5, 5.41) is 12.4. The van der Waals surface area contributed by atoms with Gasteiger partial charge in [-0.1, -0.05) is 0 Å². The van der Waals surface area contributed by atoms with Gasteiger partial charge in [0.25, 0.3) is 0 Å². The number of aliphatic hydroxyl groups is 1. The van der Waals surface area contributed by atoms with Crippen LogP contribution < -0.4 is 5.32 Å². The van der Waals surface area contributed by atoms with E-state index in [1.807, 2.05) is 0 Å². The van der Waals surface area contributed by atoms with Crippen LogP contribution in [0, 0.1) is 0 Å². The Labute approximate surface area is 94.9 Å². The number of ether oxygens (including phenoxy) is 1. The fraction of sp³-hybridized carbons (Fsp3) is 0.889. The SMILES string of the molecule is COC(=O)CC(O)CNC1CCS(=O)(=O)C1. The highest BCUT2D eigenvalue weighted by molar-refractivity contribution is 7.91. The minimum absolute atomic E-state index is 0.0804. The van der Waals surface area contributed by atoms with Crippen LogP contribution in [0.1, 0.15) is 12.8 Å². The largest absolute Gasteiger partial charge is 0.469 e. The molecule has 6 nitrogen and oxygen atoms in total. The smallest absolute Gasteiger partial charge is 0.308 e. The minimum Gasteiger partial charge on any atom is -0.469 e. The van der Waals surface area contributed by atoms with Gasteiger partial charge in [0, 0.05) is 12.6 Å². The van der Waals surface area contributed by atoms with Crippen molar-refractivity contribution in [1.29, 1.82) is 0 Å². The lowest BCUT2D eigenvalue weighted by atomic mass is 10.2. The maximum Gasteiger partial charge on any atom is 0.308 e. The average Bonchev–Trinajstić information content (AvgIpc) is 2.55. The molecule has 1 saturated heterocycles. The third-order valence-electron chi connectivity index (χ3n) is 2.50. The molecule has 7 heteroatoms. The maximum atomic E-state index is 11.1. The molecule has 16 heavy (non-hydrogen) atoms. The second-order valence-corrected chi connectivity index (χ2v) is 6.17. The Bertz CT molecular complexity index is 340. The summed E-state index contributed by atoms with van der Waals surface area (Å²) in [6.07, 6.45) is -0.355. The third-order valence-corrected chi connectivity index (χ3v) is 4.27. The molecule has 2 unspecified atom stereocenters. The van der Waals surface area contributed by atoms with Crippen LogP contribution in [0.25, 0.3) is 0 Å². The van der Waals surface area contributed by atoms with E-state index in [-0.39, 0.29) is 30.5 Å². The number of hydrogen-bond donors (Lipinski definition) is 2. The summed E-state index contributed by atoms with van der Waals surface area (Å²) in [6, 6.07) is -0.114. The van der Waals surface area contributed by atoms with Gasteiger partial charge in [0.1, 0.15) is 0 Å². The van der Waals surface area contributed by atoms with Crippen molar-refractivity contribution in [2.45, 2.75) is 25.0 Å². The Morgan fingerprint density at radius 2 is 2.31 bits per heavy atom. The predicted octanol–water partition coefficient (Wildman–Crippen LogP) is -1.31. The quantitative estimate of drug-likeness (QED) is 0.589. The monoisotopic (exact) mass is 251 g/mol. The summed E-state index contributed by atoms with van der Waals surface area (Å²) in [5.74, 6) is -0.177. The fourth-order valence-corrected chi connectivity index (χ4v) is 3.31. The van der Waals surface area contributed by atoms with Crippen LogP contribution in [-0.4, -0.2) is 56.8 Å². The molecule has 1 aliphatic heterocycles. The van der Waals surface area contributed by atoms with Crippen LogP contribution in [0.3, 0.4) is 0 Å². The zero-order chi connectivity index (χ0) is 12.2. The predicted molar refractivity (Wildman–Crippen MR) is 57.7 cm³/mol. The molecule has 0 aliphatic carbocycles. The van der Waals surface area contributed by atoms with E-state index in [1.54, 1.807) is 0 Å². The number of rotatable bonds is 5. The van der Waals surface area contributed by atoms with Crippen molar-refractivity contribution >= 4 is 15.8 Å². The first-order valence-corrected chi connectivity index (χ1v) is 6.94. The van der Waals surface area contributed by atoms with Gasteiger partial charge in [-0.3, -0.25) is 4.79 Å². The number of aliphatic hydroxyl groups excluding tert-OH is 1. The molecule has 0 aromatic carbocycles. The van der Waals surface area contributed by atoms with Crippen molar-refractivity contribution in [3.05, 3.63) is 0 Å². The lowest BCUT2D eigenvalue weighted by Gasteiger charge is -2.14. The summed E-state index contributed by atoms with van der Waals surface area (Å²) in [5.41, 5.74) is 0. The molecule has 0 spiro atoms. The summed E-state index contributed by atoms with van der Waals surface area (Å²) in [6.45, 7) is 0.204. The lowest BCUT2D eigenvalue weighted by molar-refractivity contribution is -0.142. The van der Waals surface area contributed by atoms with Crippen LogP contribution >= 0.6 is 0 Å². The van der Waals surface area contributed by atoms with E-state index in [0.717, 1.165) is 0 Å². The van der Waals surface area contributed by atoms with Crippen molar-refractivity contribution < 1.29 is 23.1 Å². The maximum absolute atomic E-state index is 11.1. The van der Waals surface area contributed by atoms with E-state index in [0.29, 0.717) is 6.42 Å². The fourth-order valence-electron chi connectivity index (χ4n) is 1.61. The van der Waals surface area contributed by atoms with Crippen molar-refractivity contribution in [2.75, 3.05) is 25.2 Å². The zero-order valence-corrected chi connectivity index (χ0v) is 10.00. The number of methoxy groups -OCH3 is 1. The van der Waals surface area contributed by atoms with Gasteiger partial charge in [0.2, 0.25) is 0 Å². The average molecular weight is 251 g/mol. The van der Waals surface area contributed by atoms with E-state index in [2.05, 4.69) is 10.1 Å². The standard InChI is InChI=1S/C9H17NO5S/c1-15-9(12)4-8(11)5-10-7-2-3-16(13,14)6-7/h7-8,10-11H,2-6H2,1H3. The number of hydrogen-bond acceptors (Lipinski definition) is 6. The van der Waals surface area contributed by atoms with Crippen LogP contribution in [0.15, 0.2) is 0 Å². The Morgan fingerprint density at radius 3 is 2.81 bits per heavy atom. The molecule has 0 radical (unpaired) electrons. The van der Waals surface area contributed by atoms with E-state index in [9.17, 15) is 18.3 Å². The van der Waals surface area contributed by atoms with Gasteiger partial charge in [-0.25, -0.2) is 8.42 Å². The number of carbonyl (C=O) groups excluding carboxylic acids is 1. The highest BCUT2D eigenvalue weighted by atomic mass is 32.2. The van der Waals surface area contributed by atoms with Crippen molar-refractivity contribution in [3.8, 4) is 0 Å². The normalized spacial score (nSPS) is 25.2. The van der Waals surface area contributed by atoms with Gasteiger partial charge in [0.15, 0.2) is 9.84 Å². The first-order chi connectivity index (χ1) is 7.43. The molecule has 2 N–H and O–H groups in total. The molecule has 0 bridgehead atoms. The second kappa shape index (κ2) is 5.60. The molecule has 0 aromatic rings. The first-order valence-electron chi connectivity index (χ1n) is 5.11. The molecule has 1 fully saturated rings. The molecule has 0 amide bonds. The van der Waals surface area contributed by atoms with E-state index < -0.39 is 21.9 Å². The van der Waals surface area contributed by atoms with Gasteiger partial charge in [-0.2, -0.15) is 0 Å². The van der Waals surface area contributed by atoms with Gasteiger partial charge in [0.05, 0.1) is 31.1 Å². The number of esters is 1. The van der Waals surface area contributed by atoms with Crippen LogP contribution in [-0.2, 0) is 19.4 Å². The van der Waals surface area contributed by atoms with Crippen LogP contribution in [0.2, 0.25) is 0 Å². The molecule has 1 heterocycles. The highest BCUT2D eigenvalue weighted by Gasteiger charge is 2.27. The Kier molecular flexibility index (Phi) is 4.69. The van der Waals surface area contributed by atoms with Gasteiger partial charge in [-0.15, -0.1) is 0 Å². The molecule has 1 aliphatic rings. The summed E-state index contributed by atoms with van der Waals surface area (Å²) < 4.78 is 26.7. The number of sulfone groups is 1. The third kappa shape index (κ3) is 4.46. The molecule has 1 rings (SSSR count). The van der Waals surface area contributed by atoms with E-state index >= 15 is 0 Å². The Morgan fingerprint density at radius 1 is 1.62 bits per heavy atom. The minimum atomic E-state index is -2.91. The van der Waals surface area contributed by atoms with E-state index in [4.69, 9.17) is 0 Å². The lowest BCUT2D eigenvalue weighted by Crippen LogP contribution is -2.37. The second-order valence-electron chi connectivity index (χ2n) is 3.94. The summed E-state index contributed by atoms with van der Waals surface area (Å²) in [4.78, 5) is 10.8. The highest BCUT2D eigenvalue weighted by Crippen LogP contribution is 2.11. The van der Waals surface area contributed by atoms with E-state index in [1.165, 1.54) is 7.11 Å². The Balaban J connectivity index is 2.23.